The van der Waals surface area contributed by atoms with Gasteiger partial charge in [-0.3, -0.25) is 9.89 Å². The Bertz CT molecular complexity index is 724. The first-order valence-electron chi connectivity index (χ1n) is 10.0. The quantitative estimate of drug-likeness (QED) is 0.428. The van der Waals surface area contributed by atoms with E-state index in [1.54, 1.807) is 6.26 Å². The summed E-state index contributed by atoms with van der Waals surface area (Å²) in [6, 6.07) is 10.4. The second kappa shape index (κ2) is 10.8. The Kier molecular flexibility index (Phi) is 7.87. The number of hydrogen-bond acceptors (Lipinski definition) is 5. The summed E-state index contributed by atoms with van der Waals surface area (Å²) in [7, 11) is 1.85. The van der Waals surface area contributed by atoms with E-state index >= 15 is 0 Å². The Balaban J connectivity index is 1.49. The summed E-state index contributed by atoms with van der Waals surface area (Å²) in [5.41, 5.74) is 3.47. The molecular formula is C21H31N5O2. The van der Waals surface area contributed by atoms with E-state index in [4.69, 9.17) is 9.26 Å². The lowest BCUT2D eigenvalue weighted by molar-refractivity contribution is 0.121. The number of aromatic nitrogens is 1. The van der Waals surface area contributed by atoms with Crippen LogP contribution in [0, 0.1) is 0 Å². The van der Waals surface area contributed by atoms with Gasteiger partial charge in [0.25, 0.3) is 0 Å². The van der Waals surface area contributed by atoms with Crippen LogP contribution in [0.1, 0.15) is 30.2 Å². The van der Waals surface area contributed by atoms with Crippen LogP contribution in [0.2, 0.25) is 0 Å². The fourth-order valence-corrected chi connectivity index (χ4v) is 3.37. The predicted octanol–water partition coefficient (Wildman–Crippen LogP) is 2.49. The molecule has 0 aliphatic carbocycles. The van der Waals surface area contributed by atoms with Gasteiger partial charge in [-0.25, -0.2) is 0 Å². The van der Waals surface area contributed by atoms with Gasteiger partial charge in [0.1, 0.15) is 6.26 Å². The molecule has 0 spiro atoms. The second-order valence-electron chi connectivity index (χ2n) is 6.98. The minimum Gasteiger partial charge on any atom is -0.377 e. The van der Waals surface area contributed by atoms with Crippen LogP contribution in [0.5, 0.6) is 0 Å². The minimum absolute atomic E-state index is 0.658. The van der Waals surface area contributed by atoms with Crippen molar-refractivity contribution < 1.29 is 9.26 Å². The van der Waals surface area contributed by atoms with Gasteiger partial charge in [-0.05, 0) is 17.5 Å². The SMILES string of the molecule is CCCOCc1ccccc1CNC(=NC)N1CCN(Cc2ccon2)CC1. The Hall–Kier alpha value is -2.38. The largest absolute Gasteiger partial charge is 0.377 e. The number of nitrogens with one attached hydrogen (secondary N) is 1. The third-order valence-electron chi connectivity index (χ3n) is 4.92. The average molecular weight is 386 g/mol. The molecule has 0 unspecified atom stereocenters. The van der Waals surface area contributed by atoms with E-state index in [1.165, 1.54) is 11.1 Å². The first-order valence-corrected chi connectivity index (χ1v) is 10.0. The molecule has 1 aromatic carbocycles. The van der Waals surface area contributed by atoms with Crippen LogP contribution in [0.25, 0.3) is 0 Å². The molecule has 0 bridgehead atoms. The van der Waals surface area contributed by atoms with Crippen LogP contribution < -0.4 is 5.32 Å². The minimum atomic E-state index is 0.658. The molecule has 1 N–H and O–H groups in total. The molecule has 0 saturated carbocycles. The van der Waals surface area contributed by atoms with Gasteiger partial charge in [-0.2, -0.15) is 0 Å². The molecule has 152 valence electrons. The molecule has 0 radical (unpaired) electrons. The van der Waals surface area contributed by atoms with Crippen LogP contribution in [0.4, 0.5) is 0 Å². The van der Waals surface area contributed by atoms with Crippen LogP contribution in [-0.4, -0.2) is 60.7 Å². The Morgan fingerprint density at radius 2 is 1.96 bits per heavy atom. The summed E-state index contributed by atoms with van der Waals surface area (Å²) in [6.45, 7) is 9.01. The van der Waals surface area contributed by atoms with Crippen molar-refractivity contribution in [2.45, 2.75) is 33.0 Å². The van der Waals surface area contributed by atoms with Gasteiger partial charge in [0.15, 0.2) is 5.96 Å². The molecule has 2 aromatic rings. The number of ether oxygens (including phenoxy) is 1. The van der Waals surface area contributed by atoms with Crippen molar-refractivity contribution >= 4 is 5.96 Å². The van der Waals surface area contributed by atoms with Gasteiger partial charge < -0.3 is 19.5 Å². The summed E-state index contributed by atoms with van der Waals surface area (Å²) in [4.78, 5) is 9.19. The lowest BCUT2D eigenvalue weighted by Crippen LogP contribution is -2.52. The molecule has 1 aliphatic heterocycles. The summed E-state index contributed by atoms with van der Waals surface area (Å²) in [5, 5.41) is 7.52. The van der Waals surface area contributed by atoms with Crippen molar-refractivity contribution in [2.24, 2.45) is 4.99 Å². The van der Waals surface area contributed by atoms with Crippen molar-refractivity contribution in [1.29, 1.82) is 0 Å². The van der Waals surface area contributed by atoms with Crippen molar-refractivity contribution in [3.63, 3.8) is 0 Å². The van der Waals surface area contributed by atoms with Crippen molar-refractivity contribution in [3.8, 4) is 0 Å². The van der Waals surface area contributed by atoms with Gasteiger partial charge >= 0.3 is 0 Å². The smallest absolute Gasteiger partial charge is 0.194 e. The maximum Gasteiger partial charge on any atom is 0.194 e. The number of hydrogen-bond donors (Lipinski definition) is 1. The zero-order valence-electron chi connectivity index (χ0n) is 16.9. The lowest BCUT2D eigenvalue weighted by Gasteiger charge is -2.36. The topological polar surface area (TPSA) is 66.1 Å². The van der Waals surface area contributed by atoms with Crippen LogP contribution in [0.15, 0.2) is 46.1 Å². The van der Waals surface area contributed by atoms with E-state index in [-0.39, 0.29) is 0 Å². The van der Waals surface area contributed by atoms with E-state index in [1.807, 2.05) is 13.1 Å². The maximum absolute atomic E-state index is 5.73. The molecular weight excluding hydrogens is 354 g/mol. The highest BCUT2D eigenvalue weighted by Gasteiger charge is 2.20. The highest BCUT2D eigenvalue weighted by molar-refractivity contribution is 5.80. The van der Waals surface area contributed by atoms with Gasteiger partial charge in [-0.1, -0.05) is 36.3 Å². The van der Waals surface area contributed by atoms with Crippen LogP contribution in [0.3, 0.4) is 0 Å². The normalized spacial score (nSPS) is 15.8. The molecule has 2 heterocycles. The first-order chi connectivity index (χ1) is 13.8. The fraction of sp³-hybridized carbons (Fsp3) is 0.524. The summed E-state index contributed by atoms with van der Waals surface area (Å²) >= 11 is 0. The van der Waals surface area contributed by atoms with E-state index in [9.17, 15) is 0 Å². The lowest BCUT2D eigenvalue weighted by atomic mass is 10.1. The summed E-state index contributed by atoms with van der Waals surface area (Å²) in [6.07, 6.45) is 2.66. The van der Waals surface area contributed by atoms with E-state index in [2.05, 4.69) is 56.5 Å². The van der Waals surface area contributed by atoms with Crippen molar-refractivity contribution in [1.82, 2.24) is 20.3 Å². The van der Waals surface area contributed by atoms with Gasteiger partial charge in [-0.15, -0.1) is 0 Å². The first kappa shape index (κ1) is 20.4. The monoisotopic (exact) mass is 385 g/mol. The standard InChI is InChI=1S/C21H31N5O2/c1-3-13-27-17-19-7-5-4-6-18(19)15-23-21(22-2)26-11-9-25(10-12-26)16-20-8-14-28-24-20/h4-8,14H,3,9-13,15-17H2,1-2H3,(H,22,23). The third kappa shape index (κ3) is 5.81. The molecule has 1 fully saturated rings. The van der Waals surface area contributed by atoms with E-state index in [0.29, 0.717) is 6.61 Å². The number of aliphatic imine (C=N–C) groups is 1. The Morgan fingerprint density at radius 3 is 2.64 bits per heavy atom. The third-order valence-corrected chi connectivity index (χ3v) is 4.92. The summed E-state index contributed by atoms with van der Waals surface area (Å²) < 4.78 is 10.7. The Labute approximate surface area is 167 Å². The van der Waals surface area contributed by atoms with E-state index in [0.717, 1.165) is 63.9 Å². The van der Waals surface area contributed by atoms with Crippen LogP contribution >= 0.6 is 0 Å². The molecule has 7 heteroatoms. The van der Waals surface area contributed by atoms with E-state index < -0.39 is 0 Å². The zero-order valence-corrected chi connectivity index (χ0v) is 16.9. The molecule has 1 aliphatic rings. The van der Waals surface area contributed by atoms with Crippen LogP contribution in [-0.2, 0) is 24.4 Å². The second-order valence-corrected chi connectivity index (χ2v) is 6.98. The average Bonchev–Trinajstić information content (AvgIpc) is 3.24. The molecule has 0 amide bonds. The number of nitrogens with zero attached hydrogens (tertiary/aromatic N) is 4. The van der Waals surface area contributed by atoms with Crippen molar-refractivity contribution in [3.05, 3.63) is 53.4 Å². The fourth-order valence-electron chi connectivity index (χ4n) is 3.37. The molecule has 7 nitrogen and oxygen atoms in total. The maximum atomic E-state index is 5.73. The molecule has 1 saturated heterocycles. The molecule has 28 heavy (non-hydrogen) atoms. The van der Waals surface area contributed by atoms with Crippen molar-refractivity contribution in [2.75, 3.05) is 39.8 Å². The number of benzene rings is 1. The highest BCUT2D eigenvalue weighted by Crippen LogP contribution is 2.11. The zero-order chi connectivity index (χ0) is 19.6. The number of guanidine groups is 1. The number of rotatable bonds is 8. The molecule has 3 rings (SSSR count). The van der Waals surface area contributed by atoms with Gasteiger partial charge in [0, 0.05) is 59.0 Å². The molecule has 1 aromatic heterocycles. The summed E-state index contributed by atoms with van der Waals surface area (Å²) in [5.74, 6) is 0.949. The Morgan fingerprint density at radius 1 is 1.18 bits per heavy atom. The van der Waals surface area contributed by atoms with Gasteiger partial charge in [0.2, 0.25) is 0 Å². The molecule has 0 atom stereocenters. The number of piperazine rings is 1. The highest BCUT2D eigenvalue weighted by atomic mass is 16.5. The van der Waals surface area contributed by atoms with Gasteiger partial charge in [0.05, 0.1) is 12.3 Å². The predicted molar refractivity (Wildman–Crippen MR) is 110 cm³/mol.